The average molecular weight is 892 g/mol. The fourth-order valence-corrected chi connectivity index (χ4v) is 9.72. The molecule has 66 heavy (non-hydrogen) atoms. The first kappa shape index (κ1) is 45.8. The van der Waals surface area contributed by atoms with Gasteiger partial charge in [-0.05, 0) is 106 Å². The van der Waals surface area contributed by atoms with Gasteiger partial charge in [0.25, 0.3) is 0 Å². The number of fused-ring (bicyclic) bond motifs is 4. The first-order valence-electron chi connectivity index (χ1n) is 22.9. The van der Waals surface area contributed by atoms with Gasteiger partial charge in [0, 0.05) is 66.7 Å². The summed E-state index contributed by atoms with van der Waals surface area (Å²) >= 11 is 0. The number of para-hydroxylation sites is 2. The van der Waals surface area contributed by atoms with Gasteiger partial charge in [0.2, 0.25) is 29.5 Å². The second-order valence-electron chi connectivity index (χ2n) is 18.2. The second kappa shape index (κ2) is 20.2. The van der Waals surface area contributed by atoms with Crippen LogP contribution < -0.4 is 16.4 Å². The molecule has 4 heterocycles. The van der Waals surface area contributed by atoms with Gasteiger partial charge in [0.1, 0.15) is 18.1 Å². The summed E-state index contributed by atoms with van der Waals surface area (Å²) in [6, 6.07) is 28.1. The van der Waals surface area contributed by atoms with Crippen molar-refractivity contribution in [2.45, 2.75) is 88.2 Å². The number of likely N-dealkylation sites (N-methyl/N-ethyl adjacent to an activating group) is 2. The number of hydrogen-bond donors (Lipinski definition) is 5. The Hall–Kier alpha value is -6.77. The van der Waals surface area contributed by atoms with Crippen LogP contribution in [0.4, 0.5) is 0 Å². The molecule has 0 fully saturated rings. The number of nitrogens with two attached hydrogens (primary N) is 1. The van der Waals surface area contributed by atoms with Crippen molar-refractivity contribution in [3.05, 3.63) is 143 Å². The highest BCUT2D eigenvalue weighted by atomic mass is 16.2. The minimum atomic E-state index is -0.985. The zero-order valence-electron chi connectivity index (χ0n) is 38.3. The van der Waals surface area contributed by atoms with Crippen LogP contribution in [0.2, 0.25) is 0 Å². The molecule has 6 aromatic rings. The van der Waals surface area contributed by atoms with E-state index in [0.29, 0.717) is 51.6 Å². The predicted molar refractivity (Wildman–Crippen MR) is 256 cm³/mol. The normalized spacial score (nSPS) is 17.3. The van der Waals surface area contributed by atoms with Crippen molar-refractivity contribution in [2.24, 2.45) is 5.73 Å². The van der Waals surface area contributed by atoms with Gasteiger partial charge in [-0.25, -0.2) is 0 Å². The minimum Gasteiger partial charge on any atom is -0.368 e. The van der Waals surface area contributed by atoms with Crippen molar-refractivity contribution in [1.29, 1.82) is 0 Å². The SMILES string of the molecule is CN(C)[C@@H](Cc1c[nH]c2ccccc12)C(=O)N1Cc2ccccc2C[C@H]1C(=O)NCCCC[C@H](NC(=O)[C@@H]1Cc2ccccc2CN1C(=O)[C@H](Cc1c[nH]c2ccccc12)N(C)C)C(N)=O. The largest absolute Gasteiger partial charge is 0.368 e. The van der Waals surface area contributed by atoms with E-state index in [-0.39, 0.29) is 30.7 Å². The number of carbonyl (C=O) groups is 5. The molecular weight excluding hydrogens is 831 g/mol. The average Bonchev–Trinajstić information content (AvgIpc) is 3.94. The van der Waals surface area contributed by atoms with E-state index in [1.807, 2.05) is 147 Å². The Morgan fingerprint density at radius 2 is 1.06 bits per heavy atom. The lowest BCUT2D eigenvalue weighted by atomic mass is 9.91. The van der Waals surface area contributed by atoms with Crippen molar-refractivity contribution in [1.82, 2.24) is 40.2 Å². The van der Waals surface area contributed by atoms with Gasteiger partial charge in [0.05, 0.1) is 12.1 Å². The van der Waals surface area contributed by atoms with E-state index in [1.54, 1.807) is 9.80 Å². The number of nitrogens with zero attached hydrogens (tertiary/aromatic N) is 4. The zero-order valence-corrected chi connectivity index (χ0v) is 38.3. The summed E-state index contributed by atoms with van der Waals surface area (Å²) in [5, 5.41) is 8.08. The molecule has 6 N–H and O–H groups in total. The topological polar surface area (TPSA) is 180 Å². The highest BCUT2D eigenvalue weighted by molar-refractivity contribution is 5.94. The molecule has 2 aromatic heterocycles. The van der Waals surface area contributed by atoms with Gasteiger partial charge >= 0.3 is 0 Å². The van der Waals surface area contributed by atoms with E-state index in [2.05, 4.69) is 20.6 Å². The zero-order chi connectivity index (χ0) is 46.5. The summed E-state index contributed by atoms with van der Waals surface area (Å²) in [6.45, 7) is 0.873. The summed E-state index contributed by atoms with van der Waals surface area (Å²) in [5.41, 5.74) is 13.9. The van der Waals surface area contributed by atoms with Gasteiger partial charge < -0.3 is 36.1 Å². The van der Waals surface area contributed by atoms with Crippen molar-refractivity contribution >= 4 is 51.3 Å². The molecule has 2 aliphatic rings. The quantitative estimate of drug-likeness (QED) is 0.0840. The molecule has 0 unspecified atom stereocenters. The Morgan fingerprint density at radius 1 is 0.621 bits per heavy atom. The molecule has 14 heteroatoms. The standard InChI is InChI=1S/C52H61N9O5/c1-58(2)46(27-37-29-55-41-21-11-9-19-39(37)41)51(65)60-31-35-17-7-5-15-33(35)25-44(60)49(63)54-24-14-13-23-43(48(53)62)57-50(64)45-26-34-16-6-8-18-36(34)32-61(45)52(66)47(59(3)4)28-38-30-56-42-22-12-10-20-40(38)42/h5-12,15-22,29-30,43-47,55-56H,13-14,23-28,31-32H2,1-4H3,(H2,53,62)(H,54,63)(H,57,64)/t43-,44-,45-,46-,47-/m0/s1. The summed E-state index contributed by atoms with van der Waals surface area (Å²) < 4.78 is 0. The number of aromatic amines is 2. The maximum atomic E-state index is 14.6. The third kappa shape index (κ3) is 9.89. The van der Waals surface area contributed by atoms with E-state index in [0.717, 1.165) is 55.2 Å². The van der Waals surface area contributed by atoms with Crippen LogP contribution in [0.5, 0.6) is 0 Å². The van der Waals surface area contributed by atoms with Crippen LogP contribution >= 0.6 is 0 Å². The summed E-state index contributed by atoms with van der Waals surface area (Å²) in [7, 11) is 7.52. The molecule has 2 aliphatic heterocycles. The van der Waals surface area contributed by atoms with Crippen LogP contribution in [0.1, 0.15) is 52.6 Å². The highest BCUT2D eigenvalue weighted by Gasteiger charge is 2.40. The van der Waals surface area contributed by atoms with Crippen LogP contribution in [0.3, 0.4) is 0 Å². The Balaban J connectivity index is 0.903. The van der Waals surface area contributed by atoms with E-state index in [9.17, 15) is 24.0 Å². The van der Waals surface area contributed by atoms with Crippen LogP contribution in [0, 0.1) is 0 Å². The number of rotatable bonds is 17. The minimum absolute atomic E-state index is 0.117. The van der Waals surface area contributed by atoms with Gasteiger partial charge in [-0.15, -0.1) is 0 Å². The van der Waals surface area contributed by atoms with Crippen molar-refractivity contribution < 1.29 is 24.0 Å². The second-order valence-corrected chi connectivity index (χ2v) is 18.2. The van der Waals surface area contributed by atoms with E-state index in [1.165, 1.54) is 0 Å². The lowest BCUT2D eigenvalue weighted by Gasteiger charge is -2.39. The lowest BCUT2D eigenvalue weighted by molar-refractivity contribution is -0.146. The molecule has 14 nitrogen and oxygen atoms in total. The highest BCUT2D eigenvalue weighted by Crippen LogP contribution is 2.29. The van der Waals surface area contributed by atoms with E-state index < -0.39 is 42.0 Å². The molecule has 4 aromatic carbocycles. The third-order valence-electron chi connectivity index (χ3n) is 13.5. The predicted octanol–water partition coefficient (Wildman–Crippen LogP) is 4.46. The fourth-order valence-electron chi connectivity index (χ4n) is 9.72. The van der Waals surface area contributed by atoms with Crippen LogP contribution in [-0.4, -0.2) is 124 Å². The Morgan fingerprint density at radius 3 is 1.53 bits per heavy atom. The monoisotopic (exact) mass is 891 g/mol. The summed E-state index contributed by atoms with van der Waals surface area (Å²) in [5.74, 6) is -1.66. The Bertz CT molecular complexity index is 2720. The number of carbonyl (C=O) groups excluding carboxylic acids is 5. The number of H-pyrrole nitrogens is 2. The maximum Gasteiger partial charge on any atom is 0.243 e. The van der Waals surface area contributed by atoms with Crippen molar-refractivity contribution in [2.75, 3.05) is 34.7 Å². The van der Waals surface area contributed by atoms with Crippen LogP contribution in [0.15, 0.2) is 109 Å². The van der Waals surface area contributed by atoms with Gasteiger partial charge in [0.15, 0.2) is 0 Å². The lowest BCUT2D eigenvalue weighted by Crippen LogP contribution is -2.59. The van der Waals surface area contributed by atoms with Crippen LogP contribution in [0.25, 0.3) is 21.8 Å². The third-order valence-corrected chi connectivity index (χ3v) is 13.5. The Labute approximate surface area is 385 Å². The molecule has 5 amide bonds. The van der Waals surface area contributed by atoms with Crippen molar-refractivity contribution in [3.8, 4) is 0 Å². The first-order chi connectivity index (χ1) is 31.9. The number of hydrogen-bond acceptors (Lipinski definition) is 7. The van der Waals surface area contributed by atoms with E-state index in [4.69, 9.17) is 5.73 Å². The number of benzene rings is 4. The Kier molecular flexibility index (Phi) is 14.0. The molecule has 0 bridgehead atoms. The number of unbranched alkanes of at least 4 members (excludes halogenated alkanes) is 1. The molecule has 0 aliphatic carbocycles. The maximum absolute atomic E-state index is 14.6. The molecule has 344 valence electrons. The number of aromatic nitrogens is 2. The molecule has 0 saturated carbocycles. The number of primary amides is 1. The first-order valence-corrected chi connectivity index (χ1v) is 22.9. The van der Waals surface area contributed by atoms with Crippen LogP contribution in [-0.2, 0) is 62.7 Å². The molecular formula is C52H61N9O5. The van der Waals surface area contributed by atoms with Crippen molar-refractivity contribution in [3.63, 3.8) is 0 Å². The molecule has 8 rings (SSSR count). The fraction of sp³-hybridized carbons (Fsp3) is 0.365. The van der Waals surface area contributed by atoms with Gasteiger partial charge in [-0.3, -0.25) is 33.8 Å². The number of amides is 5. The molecule has 0 saturated heterocycles. The van der Waals surface area contributed by atoms with Gasteiger partial charge in [-0.1, -0.05) is 84.9 Å². The summed E-state index contributed by atoms with van der Waals surface area (Å²) in [6.07, 6.45) is 6.71. The van der Waals surface area contributed by atoms with E-state index >= 15 is 0 Å². The molecule has 5 atom stereocenters. The number of nitrogens with one attached hydrogen (secondary N) is 4. The summed E-state index contributed by atoms with van der Waals surface area (Å²) in [4.78, 5) is 84.1. The van der Waals surface area contributed by atoms with Gasteiger partial charge in [-0.2, -0.15) is 0 Å². The molecule has 0 spiro atoms. The smallest absolute Gasteiger partial charge is 0.243 e. The molecule has 0 radical (unpaired) electrons.